The zero-order chi connectivity index (χ0) is 14.4. The molecule has 1 fully saturated rings. The molecule has 20 heavy (non-hydrogen) atoms. The predicted molar refractivity (Wildman–Crippen MR) is 86.3 cm³/mol. The second kappa shape index (κ2) is 8.14. The van der Waals surface area contributed by atoms with Gasteiger partial charge in [-0.1, -0.05) is 55.0 Å². The van der Waals surface area contributed by atoms with Crippen LogP contribution >= 0.6 is 15.9 Å². The van der Waals surface area contributed by atoms with Crippen LogP contribution in [0.15, 0.2) is 22.7 Å². The number of halogens is 2. The lowest BCUT2D eigenvalue weighted by atomic mass is 9.83. The van der Waals surface area contributed by atoms with Crippen LogP contribution in [0.25, 0.3) is 0 Å². The number of hydrogen-bond donors (Lipinski definition) is 1. The van der Waals surface area contributed by atoms with E-state index in [1.165, 1.54) is 38.2 Å². The monoisotopic (exact) mass is 341 g/mol. The minimum Gasteiger partial charge on any atom is -0.310 e. The summed E-state index contributed by atoms with van der Waals surface area (Å²) in [5.74, 6) is 0.642. The van der Waals surface area contributed by atoms with Gasteiger partial charge in [-0.25, -0.2) is 4.39 Å². The Hall–Kier alpha value is -0.410. The average molecular weight is 342 g/mol. The average Bonchev–Trinajstić information content (AvgIpc) is 2.47. The van der Waals surface area contributed by atoms with Gasteiger partial charge >= 0.3 is 0 Å². The van der Waals surface area contributed by atoms with Crippen molar-refractivity contribution in [3.63, 3.8) is 0 Å². The molecule has 1 aliphatic rings. The van der Waals surface area contributed by atoms with Gasteiger partial charge in [0.1, 0.15) is 5.82 Å². The minimum absolute atomic E-state index is 0.143. The Balaban J connectivity index is 2.10. The van der Waals surface area contributed by atoms with E-state index >= 15 is 0 Å². The Bertz CT molecular complexity index is 415. The maximum absolute atomic E-state index is 13.6. The van der Waals surface area contributed by atoms with Gasteiger partial charge in [0.25, 0.3) is 0 Å². The fourth-order valence-electron chi connectivity index (χ4n) is 3.18. The van der Waals surface area contributed by atoms with Gasteiger partial charge in [-0.15, -0.1) is 0 Å². The summed E-state index contributed by atoms with van der Waals surface area (Å²) in [6, 6.07) is 5.29. The molecule has 112 valence electrons. The molecule has 1 aliphatic carbocycles. The molecule has 0 spiro atoms. The summed E-state index contributed by atoms with van der Waals surface area (Å²) in [6.07, 6.45) is 8.99. The Morgan fingerprint density at radius 3 is 2.75 bits per heavy atom. The molecule has 2 rings (SSSR count). The molecule has 0 amide bonds. The van der Waals surface area contributed by atoms with E-state index in [0.29, 0.717) is 0 Å². The van der Waals surface area contributed by atoms with Gasteiger partial charge in [0.15, 0.2) is 0 Å². The quantitative estimate of drug-likeness (QED) is 0.710. The van der Waals surface area contributed by atoms with Crippen LogP contribution < -0.4 is 5.32 Å². The molecule has 1 aromatic rings. The van der Waals surface area contributed by atoms with Crippen molar-refractivity contribution in [1.82, 2.24) is 5.32 Å². The third kappa shape index (κ3) is 4.56. The molecule has 1 unspecified atom stereocenters. The third-order valence-electron chi connectivity index (χ3n) is 4.27. The molecular formula is C17H25BrFN. The first kappa shape index (κ1) is 16.0. The zero-order valence-corrected chi connectivity index (χ0v) is 13.9. The van der Waals surface area contributed by atoms with E-state index in [-0.39, 0.29) is 11.9 Å². The summed E-state index contributed by atoms with van der Waals surface area (Å²) in [5.41, 5.74) is 1.07. The van der Waals surface area contributed by atoms with Crippen molar-refractivity contribution < 1.29 is 4.39 Å². The fourth-order valence-corrected chi connectivity index (χ4v) is 3.70. The van der Waals surface area contributed by atoms with Gasteiger partial charge in [0, 0.05) is 10.5 Å². The summed E-state index contributed by atoms with van der Waals surface area (Å²) in [5, 5.41) is 3.60. The molecule has 1 nitrogen and oxygen atoms in total. The van der Waals surface area contributed by atoms with Crippen molar-refractivity contribution in [2.45, 2.75) is 57.9 Å². The fraction of sp³-hybridized carbons (Fsp3) is 0.647. The van der Waals surface area contributed by atoms with Crippen LogP contribution in [-0.2, 0) is 0 Å². The Morgan fingerprint density at radius 1 is 1.30 bits per heavy atom. The van der Waals surface area contributed by atoms with Crippen molar-refractivity contribution in [3.8, 4) is 0 Å². The van der Waals surface area contributed by atoms with Crippen molar-refractivity contribution in [1.29, 1.82) is 0 Å². The second-order valence-corrected chi connectivity index (χ2v) is 6.77. The standard InChI is InChI=1S/C17H25BrFN/c1-2-10-20-17(11-13-6-4-3-5-7-13)15-12-14(19)8-9-16(15)18/h8-9,12-13,17,20H,2-7,10-11H2,1H3. The Morgan fingerprint density at radius 2 is 2.05 bits per heavy atom. The first-order chi connectivity index (χ1) is 9.70. The van der Waals surface area contributed by atoms with Gasteiger partial charge < -0.3 is 5.32 Å². The van der Waals surface area contributed by atoms with E-state index in [2.05, 4.69) is 28.2 Å². The Labute approximate surface area is 130 Å². The van der Waals surface area contributed by atoms with Crippen molar-refractivity contribution in [3.05, 3.63) is 34.1 Å². The van der Waals surface area contributed by atoms with Crippen LogP contribution in [0.5, 0.6) is 0 Å². The maximum Gasteiger partial charge on any atom is 0.123 e. The van der Waals surface area contributed by atoms with Gasteiger partial charge in [0.2, 0.25) is 0 Å². The lowest BCUT2D eigenvalue weighted by Crippen LogP contribution is -2.25. The molecule has 1 aromatic carbocycles. The van der Waals surface area contributed by atoms with E-state index in [4.69, 9.17) is 0 Å². The van der Waals surface area contributed by atoms with Crippen LogP contribution in [-0.4, -0.2) is 6.54 Å². The molecule has 1 atom stereocenters. The molecule has 1 saturated carbocycles. The van der Waals surface area contributed by atoms with Crippen LogP contribution in [0.3, 0.4) is 0 Å². The minimum atomic E-state index is -0.143. The van der Waals surface area contributed by atoms with Gasteiger partial charge in [-0.2, -0.15) is 0 Å². The third-order valence-corrected chi connectivity index (χ3v) is 4.99. The van der Waals surface area contributed by atoms with E-state index in [9.17, 15) is 4.39 Å². The highest BCUT2D eigenvalue weighted by Gasteiger charge is 2.21. The predicted octanol–water partition coefficient (Wildman–Crippen LogP) is 5.60. The zero-order valence-electron chi connectivity index (χ0n) is 12.3. The highest BCUT2D eigenvalue weighted by atomic mass is 79.9. The van der Waals surface area contributed by atoms with Crippen molar-refractivity contribution >= 4 is 15.9 Å². The summed E-state index contributed by atoms with van der Waals surface area (Å²) < 4.78 is 14.6. The van der Waals surface area contributed by atoms with Gasteiger partial charge in [-0.05, 0) is 49.1 Å². The van der Waals surface area contributed by atoms with E-state index in [1.54, 1.807) is 6.07 Å². The summed E-state index contributed by atoms with van der Waals surface area (Å²) in [7, 11) is 0. The molecule has 0 aliphatic heterocycles. The molecular weight excluding hydrogens is 317 g/mol. The number of hydrogen-bond acceptors (Lipinski definition) is 1. The molecule has 1 N–H and O–H groups in total. The maximum atomic E-state index is 13.6. The number of rotatable bonds is 6. The Kier molecular flexibility index (Phi) is 6.50. The molecule has 0 bridgehead atoms. The topological polar surface area (TPSA) is 12.0 Å². The SMILES string of the molecule is CCCNC(CC1CCCCC1)c1cc(F)ccc1Br. The van der Waals surface area contributed by atoms with Gasteiger partial charge in [0.05, 0.1) is 0 Å². The van der Waals surface area contributed by atoms with E-state index < -0.39 is 0 Å². The lowest BCUT2D eigenvalue weighted by molar-refractivity contribution is 0.299. The molecule has 0 saturated heterocycles. The summed E-state index contributed by atoms with van der Waals surface area (Å²) in [6.45, 7) is 3.16. The summed E-state index contributed by atoms with van der Waals surface area (Å²) in [4.78, 5) is 0. The van der Waals surface area contributed by atoms with E-state index in [1.807, 2.05) is 6.07 Å². The lowest BCUT2D eigenvalue weighted by Gasteiger charge is -2.28. The molecule has 3 heteroatoms. The van der Waals surface area contributed by atoms with Crippen LogP contribution in [0.2, 0.25) is 0 Å². The number of benzene rings is 1. The summed E-state index contributed by atoms with van der Waals surface area (Å²) >= 11 is 3.58. The van der Waals surface area contributed by atoms with Crippen LogP contribution in [0.4, 0.5) is 4.39 Å². The van der Waals surface area contributed by atoms with Gasteiger partial charge in [-0.3, -0.25) is 0 Å². The number of nitrogens with one attached hydrogen (secondary N) is 1. The first-order valence-electron chi connectivity index (χ1n) is 7.89. The second-order valence-electron chi connectivity index (χ2n) is 5.91. The largest absolute Gasteiger partial charge is 0.310 e. The highest BCUT2D eigenvalue weighted by molar-refractivity contribution is 9.10. The van der Waals surface area contributed by atoms with Crippen LogP contribution in [0, 0.1) is 11.7 Å². The first-order valence-corrected chi connectivity index (χ1v) is 8.68. The van der Waals surface area contributed by atoms with E-state index in [0.717, 1.165) is 35.3 Å². The smallest absolute Gasteiger partial charge is 0.123 e. The molecule has 0 aromatic heterocycles. The van der Waals surface area contributed by atoms with Crippen molar-refractivity contribution in [2.75, 3.05) is 6.54 Å². The van der Waals surface area contributed by atoms with Crippen LogP contribution in [0.1, 0.15) is 63.5 Å². The van der Waals surface area contributed by atoms with Crippen molar-refractivity contribution in [2.24, 2.45) is 5.92 Å². The normalized spacial score (nSPS) is 18.1. The molecule has 0 radical (unpaired) electrons. The molecule has 0 heterocycles. The highest BCUT2D eigenvalue weighted by Crippen LogP contribution is 2.34.